The van der Waals surface area contributed by atoms with E-state index in [0.717, 1.165) is 0 Å². The minimum atomic E-state index is -2.20. The number of hydrogen-bond donors (Lipinski definition) is 3. The molecular formula is C7H12O6. The standard InChI is InChI=1S/C7H12O6/c1-12-6-7(11,3-8)5(10)4(9)2-13-6/h3-6,9-11H,2H2,1H3/t4-,5-,6-,7?/m0/s1. The number of rotatable bonds is 2. The lowest BCUT2D eigenvalue weighted by Crippen LogP contribution is -2.64. The first-order valence-corrected chi connectivity index (χ1v) is 3.75. The summed E-state index contributed by atoms with van der Waals surface area (Å²) in [6.45, 7) is -0.185. The molecule has 1 fully saturated rings. The number of ether oxygens (including phenoxy) is 2. The topological polar surface area (TPSA) is 96.2 Å². The van der Waals surface area contributed by atoms with Gasteiger partial charge in [-0.1, -0.05) is 0 Å². The minimum absolute atomic E-state index is 0.105. The smallest absolute Gasteiger partial charge is 0.199 e. The van der Waals surface area contributed by atoms with Gasteiger partial charge < -0.3 is 24.8 Å². The third kappa shape index (κ3) is 1.59. The molecule has 0 aromatic rings. The molecule has 0 aromatic heterocycles. The highest BCUT2D eigenvalue weighted by Gasteiger charge is 2.51. The predicted molar refractivity (Wildman–Crippen MR) is 39.8 cm³/mol. The van der Waals surface area contributed by atoms with E-state index < -0.39 is 24.1 Å². The minimum Gasteiger partial charge on any atom is -0.388 e. The van der Waals surface area contributed by atoms with Crippen molar-refractivity contribution in [3.63, 3.8) is 0 Å². The summed E-state index contributed by atoms with van der Waals surface area (Å²) < 4.78 is 9.44. The number of aliphatic hydroxyl groups excluding tert-OH is 2. The van der Waals surface area contributed by atoms with Gasteiger partial charge in [-0.2, -0.15) is 0 Å². The molecule has 0 radical (unpaired) electrons. The maximum Gasteiger partial charge on any atom is 0.199 e. The second kappa shape index (κ2) is 3.69. The van der Waals surface area contributed by atoms with Crippen LogP contribution in [0.3, 0.4) is 0 Å². The first-order chi connectivity index (χ1) is 6.06. The van der Waals surface area contributed by atoms with Gasteiger partial charge in [-0.05, 0) is 0 Å². The Labute approximate surface area is 74.7 Å². The fraction of sp³-hybridized carbons (Fsp3) is 0.857. The van der Waals surface area contributed by atoms with Crippen LogP contribution >= 0.6 is 0 Å². The molecule has 1 saturated heterocycles. The molecule has 4 atom stereocenters. The lowest BCUT2D eigenvalue weighted by atomic mass is 9.91. The normalized spacial score (nSPS) is 46.0. The van der Waals surface area contributed by atoms with E-state index in [1.54, 1.807) is 0 Å². The maximum atomic E-state index is 10.5. The zero-order chi connectivity index (χ0) is 10.1. The van der Waals surface area contributed by atoms with Crippen LogP contribution in [0, 0.1) is 0 Å². The molecular weight excluding hydrogens is 180 g/mol. The van der Waals surface area contributed by atoms with Crippen LogP contribution in [0.4, 0.5) is 0 Å². The summed E-state index contributed by atoms with van der Waals surface area (Å²) in [6.07, 6.45) is -4.03. The summed E-state index contributed by atoms with van der Waals surface area (Å²) in [4.78, 5) is 10.5. The molecule has 6 nitrogen and oxygen atoms in total. The van der Waals surface area contributed by atoms with E-state index in [1.807, 2.05) is 0 Å². The molecule has 6 heteroatoms. The van der Waals surface area contributed by atoms with Gasteiger partial charge in [-0.3, -0.25) is 4.79 Å². The second-order valence-corrected chi connectivity index (χ2v) is 2.92. The van der Waals surface area contributed by atoms with Crippen LogP contribution in [0.25, 0.3) is 0 Å². The largest absolute Gasteiger partial charge is 0.388 e. The van der Waals surface area contributed by atoms with Crippen LogP contribution in [-0.2, 0) is 14.3 Å². The zero-order valence-electron chi connectivity index (χ0n) is 7.08. The summed E-state index contributed by atoms with van der Waals surface area (Å²) in [5, 5.41) is 28.0. The average molecular weight is 192 g/mol. The summed E-state index contributed by atoms with van der Waals surface area (Å²) >= 11 is 0. The van der Waals surface area contributed by atoms with Crippen molar-refractivity contribution in [3.05, 3.63) is 0 Å². The van der Waals surface area contributed by atoms with E-state index in [1.165, 1.54) is 7.11 Å². The molecule has 0 aromatic carbocycles. The molecule has 1 unspecified atom stereocenters. The molecule has 0 spiro atoms. The molecule has 3 N–H and O–H groups in total. The number of carbonyl (C=O) groups excluding carboxylic acids is 1. The van der Waals surface area contributed by atoms with Gasteiger partial charge in [-0.15, -0.1) is 0 Å². The Morgan fingerprint density at radius 1 is 1.62 bits per heavy atom. The Balaban J connectivity index is 2.87. The fourth-order valence-corrected chi connectivity index (χ4v) is 1.24. The van der Waals surface area contributed by atoms with Gasteiger partial charge in [0.25, 0.3) is 0 Å². The van der Waals surface area contributed by atoms with Crippen molar-refractivity contribution in [3.8, 4) is 0 Å². The van der Waals surface area contributed by atoms with Crippen LogP contribution in [0.1, 0.15) is 0 Å². The quantitative estimate of drug-likeness (QED) is 0.423. The number of hydrogen-bond acceptors (Lipinski definition) is 6. The average Bonchev–Trinajstić information content (AvgIpc) is 2.15. The van der Waals surface area contributed by atoms with Crippen molar-refractivity contribution in [1.82, 2.24) is 0 Å². The summed E-state index contributed by atoms with van der Waals surface area (Å²) in [6, 6.07) is 0. The lowest BCUT2D eigenvalue weighted by Gasteiger charge is -2.40. The van der Waals surface area contributed by atoms with Crippen molar-refractivity contribution < 1.29 is 29.6 Å². The summed E-state index contributed by atoms with van der Waals surface area (Å²) in [5.41, 5.74) is -2.20. The first kappa shape index (κ1) is 10.6. The van der Waals surface area contributed by atoms with Gasteiger partial charge in [0, 0.05) is 7.11 Å². The van der Waals surface area contributed by atoms with E-state index >= 15 is 0 Å². The highest BCUT2D eigenvalue weighted by atomic mass is 16.7. The Bertz CT molecular complexity index is 191. The van der Waals surface area contributed by atoms with Gasteiger partial charge >= 0.3 is 0 Å². The third-order valence-electron chi connectivity index (χ3n) is 2.04. The molecule has 0 saturated carbocycles. The van der Waals surface area contributed by atoms with E-state index in [4.69, 9.17) is 9.84 Å². The molecule has 1 heterocycles. The third-order valence-corrected chi connectivity index (χ3v) is 2.04. The highest BCUT2D eigenvalue weighted by molar-refractivity contribution is 5.64. The molecule has 13 heavy (non-hydrogen) atoms. The zero-order valence-corrected chi connectivity index (χ0v) is 7.08. The molecule has 1 aliphatic rings. The van der Waals surface area contributed by atoms with E-state index in [-0.39, 0.29) is 12.9 Å². The van der Waals surface area contributed by atoms with Gasteiger partial charge in [0.15, 0.2) is 18.2 Å². The van der Waals surface area contributed by atoms with Crippen LogP contribution in [0.15, 0.2) is 0 Å². The van der Waals surface area contributed by atoms with Gasteiger partial charge in [-0.25, -0.2) is 0 Å². The Morgan fingerprint density at radius 3 is 2.69 bits per heavy atom. The summed E-state index contributed by atoms with van der Waals surface area (Å²) in [5.74, 6) is 0. The van der Waals surface area contributed by atoms with Gasteiger partial charge in [0.1, 0.15) is 12.2 Å². The van der Waals surface area contributed by atoms with Gasteiger partial charge in [0.05, 0.1) is 6.61 Å². The van der Waals surface area contributed by atoms with E-state index in [0.29, 0.717) is 0 Å². The van der Waals surface area contributed by atoms with Crippen LogP contribution in [0.5, 0.6) is 0 Å². The maximum absolute atomic E-state index is 10.5. The molecule has 1 rings (SSSR count). The SMILES string of the molecule is CO[C@H]1OC[C@H](O)[C@H](O)C1(O)C=O. The van der Waals surface area contributed by atoms with Crippen LogP contribution < -0.4 is 0 Å². The van der Waals surface area contributed by atoms with Crippen molar-refractivity contribution in [1.29, 1.82) is 0 Å². The number of methoxy groups -OCH3 is 1. The Kier molecular flexibility index (Phi) is 2.99. The molecule has 0 bridgehead atoms. The number of aldehydes is 1. The van der Waals surface area contributed by atoms with Crippen molar-refractivity contribution in [2.75, 3.05) is 13.7 Å². The van der Waals surface area contributed by atoms with Crippen molar-refractivity contribution >= 4 is 6.29 Å². The lowest BCUT2D eigenvalue weighted by molar-refractivity contribution is -0.293. The second-order valence-electron chi connectivity index (χ2n) is 2.92. The van der Waals surface area contributed by atoms with E-state index in [9.17, 15) is 15.0 Å². The van der Waals surface area contributed by atoms with Crippen molar-refractivity contribution in [2.45, 2.75) is 24.1 Å². The van der Waals surface area contributed by atoms with Gasteiger partial charge in [0.2, 0.25) is 0 Å². The van der Waals surface area contributed by atoms with Crippen LogP contribution in [-0.4, -0.2) is 59.4 Å². The fourth-order valence-electron chi connectivity index (χ4n) is 1.24. The number of carbonyl (C=O) groups is 1. The Morgan fingerprint density at radius 2 is 2.23 bits per heavy atom. The molecule has 76 valence electrons. The summed E-state index contributed by atoms with van der Waals surface area (Å²) in [7, 11) is 1.23. The molecule has 1 aliphatic heterocycles. The first-order valence-electron chi connectivity index (χ1n) is 3.75. The van der Waals surface area contributed by atoms with Crippen LogP contribution in [0.2, 0.25) is 0 Å². The number of aliphatic hydroxyl groups is 3. The van der Waals surface area contributed by atoms with E-state index in [2.05, 4.69) is 4.74 Å². The van der Waals surface area contributed by atoms with Crippen molar-refractivity contribution in [2.24, 2.45) is 0 Å². The Hall–Kier alpha value is -0.530. The predicted octanol–water partition coefficient (Wildman–Crippen LogP) is -2.36. The monoisotopic (exact) mass is 192 g/mol. The highest BCUT2D eigenvalue weighted by Crippen LogP contribution is 2.24. The molecule has 0 aliphatic carbocycles. The molecule has 0 amide bonds.